The molecular weight excluding hydrogens is 368 g/mol. The maximum absolute atomic E-state index is 12.0. The molecule has 0 spiro atoms. The Morgan fingerprint density at radius 3 is 2.21 bits per heavy atom. The number of hydrogen-bond acceptors (Lipinski definition) is 5. The Morgan fingerprint density at radius 2 is 1.59 bits per heavy atom. The van der Waals surface area contributed by atoms with Gasteiger partial charge in [0.05, 0.1) is 5.69 Å². The molecule has 0 bridgehead atoms. The number of amides is 2. The van der Waals surface area contributed by atoms with E-state index in [0.29, 0.717) is 23.1 Å². The molecule has 0 aliphatic heterocycles. The van der Waals surface area contributed by atoms with E-state index in [9.17, 15) is 4.79 Å². The van der Waals surface area contributed by atoms with Crippen LogP contribution in [-0.4, -0.2) is 26.0 Å². The van der Waals surface area contributed by atoms with E-state index in [1.165, 1.54) is 0 Å². The van der Waals surface area contributed by atoms with Gasteiger partial charge >= 0.3 is 6.03 Å². The lowest BCUT2D eigenvalue weighted by Crippen LogP contribution is -2.19. The Hall–Kier alpha value is -4.20. The first-order valence-electron chi connectivity index (χ1n) is 8.93. The standard InChI is InChI=1S/C21H18N6O2/c1-15-13-14-27(26-15)19-11-12-20(25-24-19)29-18-9-7-17(8-10-18)23-21(28)22-16-5-3-2-4-6-16/h2-14H,1H3,(H2,22,23,28). The quantitative estimate of drug-likeness (QED) is 0.530. The molecule has 8 nitrogen and oxygen atoms in total. The molecule has 0 aliphatic carbocycles. The highest BCUT2D eigenvalue weighted by Gasteiger charge is 2.05. The Bertz CT molecular complexity index is 1090. The number of nitrogens with zero attached hydrogens (tertiary/aromatic N) is 4. The molecule has 0 atom stereocenters. The number of ether oxygens (including phenoxy) is 1. The van der Waals surface area contributed by atoms with Crippen LogP contribution in [0.3, 0.4) is 0 Å². The molecular formula is C21H18N6O2. The lowest BCUT2D eigenvalue weighted by molar-refractivity contribution is 0.262. The predicted octanol–water partition coefficient (Wildman–Crippen LogP) is 4.41. The zero-order valence-corrected chi connectivity index (χ0v) is 15.6. The van der Waals surface area contributed by atoms with Crippen molar-refractivity contribution in [3.05, 3.63) is 84.7 Å². The zero-order chi connectivity index (χ0) is 20.1. The minimum atomic E-state index is -0.319. The van der Waals surface area contributed by atoms with Crippen molar-refractivity contribution in [1.82, 2.24) is 20.0 Å². The molecule has 2 heterocycles. The molecule has 8 heteroatoms. The average molecular weight is 386 g/mol. The number of aromatic nitrogens is 4. The molecule has 0 fully saturated rings. The molecule has 2 N–H and O–H groups in total. The molecule has 0 aliphatic rings. The summed E-state index contributed by atoms with van der Waals surface area (Å²) in [6, 6.07) is 21.3. The van der Waals surface area contributed by atoms with Crippen molar-refractivity contribution in [2.75, 3.05) is 10.6 Å². The first-order chi connectivity index (χ1) is 14.2. The number of benzene rings is 2. The van der Waals surface area contributed by atoms with Crippen LogP contribution in [0.5, 0.6) is 11.6 Å². The number of nitrogens with one attached hydrogen (secondary N) is 2. The molecule has 2 aromatic heterocycles. The minimum Gasteiger partial charge on any atom is -0.438 e. The van der Waals surface area contributed by atoms with Gasteiger partial charge in [0, 0.05) is 23.6 Å². The van der Waals surface area contributed by atoms with Gasteiger partial charge in [-0.1, -0.05) is 18.2 Å². The van der Waals surface area contributed by atoms with Gasteiger partial charge in [-0.05, 0) is 55.5 Å². The first kappa shape index (κ1) is 18.2. The molecule has 2 amide bonds. The Kier molecular flexibility index (Phi) is 5.15. The van der Waals surface area contributed by atoms with Crippen molar-refractivity contribution in [3.8, 4) is 17.4 Å². The van der Waals surface area contributed by atoms with Gasteiger partial charge in [0.25, 0.3) is 0 Å². The molecule has 0 saturated heterocycles. The molecule has 0 unspecified atom stereocenters. The number of hydrogen-bond donors (Lipinski definition) is 2. The summed E-state index contributed by atoms with van der Waals surface area (Å²) < 4.78 is 7.34. The maximum Gasteiger partial charge on any atom is 0.323 e. The zero-order valence-electron chi connectivity index (χ0n) is 15.6. The van der Waals surface area contributed by atoms with Crippen LogP contribution >= 0.6 is 0 Å². The minimum absolute atomic E-state index is 0.319. The Morgan fingerprint density at radius 1 is 0.862 bits per heavy atom. The average Bonchev–Trinajstić information content (AvgIpc) is 3.17. The van der Waals surface area contributed by atoms with Crippen LogP contribution in [0.4, 0.5) is 16.2 Å². The van der Waals surface area contributed by atoms with Gasteiger partial charge in [-0.25, -0.2) is 9.48 Å². The van der Waals surface area contributed by atoms with Crippen molar-refractivity contribution in [1.29, 1.82) is 0 Å². The number of carbonyl (C=O) groups is 1. The first-order valence-corrected chi connectivity index (χ1v) is 8.93. The Labute approximate surface area is 167 Å². The highest BCUT2D eigenvalue weighted by atomic mass is 16.5. The van der Waals surface area contributed by atoms with Crippen LogP contribution < -0.4 is 15.4 Å². The summed E-state index contributed by atoms with van der Waals surface area (Å²) in [6.45, 7) is 1.91. The van der Waals surface area contributed by atoms with Crippen LogP contribution in [-0.2, 0) is 0 Å². The summed E-state index contributed by atoms with van der Waals surface area (Å²) in [5, 5.41) is 18.0. The number of anilines is 2. The van der Waals surface area contributed by atoms with Crippen LogP contribution in [0.25, 0.3) is 5.82 Å². The van der Waals surface area contributed by atoms with Crippen LogP contribution in [0.15, 0.2) is 79.0 Å². The second-order valence-electron chi connectivity index (χ2n) is 6.20. The summed E-state index contributed by atoms with van der Waals surface area (Å²) in [5.41, 5.74) is 2.26. The fourth-order valence-corrected chi connectivity index (χ4v) is 2.57. The lowest BCUT2D eigenvalue weighted by atomic mass is 10.3. The van der Waals surface area contributed by atoms with Gasteiger partial charge in [-0.2, -0.15) is 5.10 Å². The molecule has 29 heavy (non-hydrogen) atoms. The number of urea groups is 1. The van der Waals surface area contributed by atoms with E-state index >= 15 is 0 Å². The SMILES string of the molecule is Cc1ccn(-c2ccc(Oc3ccc(NC(=O)Nc4ccccc4)cc3)nn2)n1. The van der Waals surface area contributed by atoms with Crippen molar-refractivity contribution >= 4 is 17.4 Å². The topological polar surface area (TPSA) is 94.0 Å². The summed E-state index contributed by atoms with van der Waals surface area (Å²) >= 11 is 0. The van der Waals surface area contributed by atoms with Gasteiger partial charge < -0.3 is 15.4 Å². The summed E-state index contributed by atoms with van der Waals surface area (Å²) in [5.74, 6) is 1.55. The maximum atomic E-state index is 12.0. The lowest BCUT2D eigenvalue weighted by Gasteiger charge is -2.09. The largest absolute Gasteiger partial charge is 0.438 e. The second-order valence-corrected chi connectivity index (χ2v) is 6.20. The smallest absolute Gasteiger partial charge is 0.323 e. The molecule has 144 valence electrons. The van der Waals surface area contributed by atoms with Crippen molar-refractivity contribution in [2.45, 2.75) is 6.92 Å². The van der Waals surface area contributed by atoms with Crippen LogP contribution in [0, 0.1) is 6.92 Å². The number of para-hydroxylation sites is 1. The van der Waals surface area contributed by atoms with Crippen molar-refractivity contribution in [3.63, 3.8) is 0 Å². The van der Waals surface area contributed by atoms with E-state index in [4.69, 9.17) is 4.74 Å². The van der Waals surface area contributed by atoms with E-state index < -0.39 is 0 Å². The van der Waals surface area contributed by atoms with E-state index in [0.717, 1.165) is 11.4 Å². The van der Waals surface area contributed by atoms with Gasteiger partial charge in [-0.15, -0.1) is 10.2 Å². The molecule has 2 aromatic carbocycles. The highest BCUT2D eigenvalue weighted by Crippen LogP contribution is 2.21. The van der Waals surface area contributed by atoms with Gasteiger partial charge in [0.15, 0.2) is 5.82 Å². The number of rotatable bonds is 5. The molecule has 0 saturated carbocycles. The van der Waals surface area contributed by atoms with Gasteiger partial charge in [0.2, 0.25) is 5.88 Å². The van der Waals surface area contributed by atoms with E-state index in [1.807, 2.05) is 49.5 Å². The number of aryl methyl sites for hydroxylation is 1. The second kappa shape index (κ2) is 8.22. The van der Waals surface area contributed by atoms with Crippen LogP contribution in [0.2, 0.25) is 0 Å². The third kappa shape index (κ3) is 4.75. The van der Waals surface area contributed by atoms with Gasteiger partial charge in [-0.3, -0.25) is 0 Å². The fourth-order valence-electron chi connectivity index (χ4n) is 2.57. The normalized spacial score (nSPS) is 10.4. The summed E-state index contributed by atoms with van der Waals surface area (Å²) in [6.07, 6.45) is 1.82. The summed E-state index contributed by atoms with van der Waals surface area (Å²) in [7, 11) is 0. The Balaban J connectivity index is 1.35. The highest BCUT2D eigenvalue weighted by molar-refractivity contribution is 5.99. The number of carbonyl (C=O) groups excluding carboxylic acids is 1. The molecule has 0 radical (unpaired) electrons. The van der Waals surface area contributed by atoms with Gasteiger partial charge in [0.1, 0.15) is 5.75 Å². The summed E-state index contributed by atoms with van der Waals surface area (Å²) in [4.78, 5) is 12.0. The van der Waals surface area contributed by atoms with E-state index in [1.54, 1.807) is 41.1 Å². The third-order valence-electron chi connectivity index (χ3n) is 3.95. The van der Waals surface area contributed by atoms with E-state index in [-0.39, 0.29) is 6.03 Å². The molecule has 4 rings (SSSR count). The third-order valence-corrected chi connectivity index (χ3v) is 3.95. The molecule has 4 aromatic rings. The van der Waals surface area contributed by atoms with Crippen LogP contribution in [0.1, 0.15) is 5.69 Å². The predicted molar refractivity (Wildman–Crippen MR) is 109 cm³/mol. The van der Waals surface area contributed by atoms with Crippen molar-refractivity contribution < 1.29 is 9.53 Å². The fraction of sp³-hybridized carbons (Fsp3) is 0.0476. The van der Waals surface area contributed by atoms with Crippen molar-refractivity contribution in [2.24, 2.45) is 0 Å². The monoisotopic (exact) mass is 386 g/mol. The van der Waals surface area contributed by atoms with E-state index in [2.05, 4.69) is 25.9 Å².